The molecule has 0 radical (unpaired) electrons. The Hall–Kier alpha value is -3.67. The molecule has 3 N–H and O–H groups in total. The standard InChI is InChI=1S/C24H21Cl2N3O5/c1-3-32-24(31)21-13(2)34-23(28)17(11-27)22(21)14-4-7-16(8-5-14)33-12-20(30)29-19-9-6-15(25)10-18(19)26/h4-10,22H,3,12,28H2,1-2H3,(H,29,30). The molecule has 0 saturated heterocycles. The third-order valence-corrected chi connectivity index (χ3v) is 5.44. The Kier molecular flexibility index (Phi) is 8.05. The van der Waals surface area contributed by atoms with Gasteiger partial charge in [0.05, 0.1) is 28.8 Å². The first kappa shape index (κ1) is 25.0. The summed E-state index contributed by atoms with van der Waals surface area (Å²) in [7, 11) is 0. The molecule has 10 heteroatoms. The van der Waals surface area contributed by atoms with Crippen LogP contribution in [0.15, 0.2) is 65.3 Å². The molecule has 0 aromatic heterocycles. The van der Waals surface area contributed by atoms with Gasteiger partial charge in [-0.3, -0.25) is 4.79 Å². The second kappa shape index (κ2) is 11.0. The van der Waals surface area contributed by atoms with Gasteiger partial charge in [-0.15, -0.1) is 0 Å². The summed E-state index contributed by atoms with van der Waals surface area (Å²) in [6.07, 6.45) is 0. The molecule has 0 saturated carbocycles. The summed E-state index contributed by atoms with van der Waals surface area (Å²) < 4.78 is 16.1. The molecule has 34 heavy (non-hydrogen) atoms. The number of ether oxygens (including phenoxy) is 3. The molecular weight excluding hydrogens is 481 g/mol. The van der Waals surface area contributed by atoms with Crippen LogP contribution < -0.4 is 15.8 Å². The van der Waals surface area contributed by atoms with Crippen molar-refractivity contribution >= 4 is 40.8 Å². The number of hydrogen-bond acceptors (Lipinski definition) is 7. The first-order valence-corrected chi connectivity index (χ1v) is 10.9. The summed E-state index contributed by atoms with van der Waals surface area (Å²) in [5.74, 6) is -1.18. The number of halogens is 2. The largest absolute Gasteiger partial charge is 0.484 e. The zero-order valence-electron chi connectivity index (χ0n) is 18.4. The molecule has 176 valence electrons. The minimum absolute atomic E-state index is 0.0732. The van der Waals surface area contributed by atoms with Crippen molar-refractivity contribution in [3.63, 3.8) is 0 Å². The van der Waals surface area contributed by atoms with Gasteiger partial charge in [0.1, 0.15) is 23.2 Å². The predicted molar refractivity (Wildman–Crippen MR) is 127 cm³/mol. The lowest BCUT2D eigenvalue weighted by Gasteiger charge is -2.26. The van der Waals surface area contributed by atoms with Crippen molar-refractivity contribution in [2.75, 3.05) is 18.5 Å². The molecule has 1 aliphatic rings. The Morgan fingerprint density at radius 1 is 1.21 bits per heavy atom. The van der Waals surface area contributed by atoms with E-state index < -0.39 is 17.8 Å². The average Bonchev–Trinajstić information content (AvgIpc) is 2.79. The molecule has 2 aromatic carbocycles. The third-order valence-electron chi connectivity index (χ3n) is 4.89. The molecule has 1 heterocycles. The molecule has 8 nitrogen and oxygen atoms in total. The molecule has 1 atom stereocenters. The lowest BCUT2D eigenvalue weighted by molar-refractivity contribution is -0.139. The number of nitrogens with two attached hydrogens (primary N) is 1. The molecule has 3 rings (SSSR count). The van der Waals surface area contributed by atoms with E-state index in [1.165, 1.54) is 6.07 Å². The summed E-state index contributed by atoms with van der Waals surface area (Å²) in [6.45, 7) is 3.17. The number of rotatable bonds is 7. The van der Waals surface area contributed by atoms with Crippen molar-refractivity contribution in [2.45, 2.75) is 19.8 Å². The molecule has 0 aliphatic carbocycles. The van der Waals surface area contributed by atoms with Crippen molar-refractivity contribution in [1.29, 1.82) is 5.26 Å². The second-order valence-corrected chi connectivity index (χ2v) is 7.99. The summed E-state index contributed by atoms with van der Waals surface area (Å²) in [4.78, 5) is 24.8. The number of esters is 1. The van der Waals surface area contributed by atoms with E-state index in [0.29, 0.717) is 27.0 Å². The average molecular weight is 502 g/mol. The van der Waals surface area contributed by atoms with Crippen LogP contribution in [0.2, 0.25) is 10.0 Å². The Bertz CT molecular complexity index is 1220. The quantitative estimate of drug-likeness (QED) is 0.528. The van der Waals surface area contributed by atoms with E-state index in [-0.39, 0.29) is 36.0 Å². The highest BCUT2D eigenvalue weighted by Crippen LogP contribution is 2.40. The van der Waals surface area contributed by atoms with Crippen LogP contribution in [0.5, 0.6) is 5.75 Å². The number of benzene rings is 2. The van der Waals surface area contributed by atoms with Gasteiger partial charge >= 0.3 is 5.97 Å². The van der Waals surface area contributed by atoms with Gasteiger partial charge in [0.15, 0.2) is 6.61 Å². The van der Waals surface area contributed by atoms with E-state index in [0.717, 1.165) is 0 Å². The molecule has 0 fully saturated rings. The summed E-state index contributed by atoms with van der Waals surface area (Å²) in [5.41, 5.74) is 7.21. The number of hydrogen-bond donors (Lipinski definition) is 2. The van der Waals surface area contributed by atoms with Gasteiger partial charge in [0, 0.05) is 5.02 Å². The van der Waals surface area contributed by atoms with Gasteiger partial charge in [-0.05, 0) is 49.7 Å². The van der Waals surface area contributed by atoms with E-state index in [2.05, 4.69) is 5.32 Å². The van der Waals surface area contributed by atoms with Crippen LogP contribution >= 0.6 is 23.2 Å². The van der Waals surface area contributed by atoms with Gasteiger partial charge in [-0.1, -0.05) is 35.3 Å². The van der Waals surface area contributed by atoms with Crippen LogP contribution in [-0.4, -0.2) is 25.1 Å². The van der Waals surface area contributed by atoms with E-state index in [1.54, 1.807) is 50.2 Å². The highest BCUT2D eigenvalue weighted by molar-refractivity contribution is 6.36. The number of nitrogens with one attached hydrogen (secondary N) is 1. The Labute approximate surface area is 206 Å². The first-order chi connectivity index (χ1) is 16.2. The number of nitriles is 1. The second-order valence-electron chi connectivity index (χ2n) is 7.15. The fourth-order valence-corrected chi connectivity index (χ4v) is 3.83. The summed E-state index contributed by atoms with van der Waals surface area (Å²) in [6, 6.07) is 13.3. The normalized spacial score (nSPS) is 15.3. The monoisotopic (exact) mass is 501 g/mol. The van der Waals surface area contributed by atoms with Gasteiger partial charge < -0.3 is 25.3 Å². The number of nitrogens with zero attached hydrogens (tertiary/aromatic N) is 1. The molecule has 0 spiro atoms. The Balaban J connectivity index is 1.75. The lowest BCUT2D eigenvalue weighted by Crippen LogP contribution is -2.25. The van der Waals surface area contributed by atoms with Crippen molar-refractivity contribution < 1.29 is 23.8 Å². The van der Waals surface area contributed by atoms with Crippen LogP contribution in [0.1, 0.15) is 25.3 Å². The SMILES string of the molecule is CCOC(=O)C1=C(C)OC(N)=C(C#N)C1c1ccc(OCC(=O)Nc2ccc(Cl)cc2Cl)cc1. The highest BCUT2D eigenvalue weighted by atomic mass is 35.5. The summed E-state index contributed by atoms with van der Waals surface area (Å²) >= 11 is 11.9. The molecule has 1 unspecified atom stereocenters. The smallest absolute Gasteiger partial charge is 0.338 e. The number of carbonyl (C=O) groups is 2. The maximum absolute atomic E-state index is 12.6. The van der Waals surface area contributed by atoms with Crippen molar-refractivity contribution in [2.24, 2.45) is 5.73 Å². The number of allylic oxidation sites excluding steroid dienone is 2. The third kappa shape index (κ3) is 5.63. The van der Waals surface area contributed by atoms with Crippen LogP contribution in [0.3, 0.4) is 0 Å². The fraction of sp³-hybridized carbons (Fsp3) is 0.208. The molecular formula is C24H21Cl2N3O5. The first-order valence-electron chi connectivity index (χ1n) is 10.2. The zero-order valence-corrected chi connectivity index (χ0v) is 19.9. The molecule has 2 aromatic rings. The van der Waals surface area contributed by atoms with Gasteiger partial charge in [0.25, 0.3) is 5.91 Å². The highest BCUT2D eigenvalue weighted by Gasteiger charge is 2.36. The van der Waals surface area contributed by atoms with E-state index in [9.17, 15) is 14.9 Å². The Morgan fingerprint density at radius 2 is 1.91 bits per heavy atom. The molecule has 0 bridgehead atoms. The topological polar surface area (TPSA) is 124 Å². The van der Waals surface area contributed by atoms with E-state index in [4.69, 9.17) is 43.1 Å². The van der Waals surface area contributed by atoms with E-state index >= 15 is 0 Å². The predicted octanol–water partition coefficient (Wildman–Crippen LogP) is 4.66. The number of amides is 1. The zero-order chi connectivity index (χ0) is 24.8. The van der Waals surface area contributed by atoms with Crippen LogP contribution in [0.4, 0.5) is 5.69 Å². The summed E-state index contributed by atoms with van der Waals surface area (Å²) in [5, 5.41) is 13.0. The minimum Gasteiger partial charge on any atom is -0.484 e. The molecule has 1 amide bonds. The van der Waals surface area contributed by atoms with Gasteiger partial charge in [0.2, 0.25) is 5.88 Å². The van der Waals surface area contributed by atoms with E-state index in [1.807, 2.05) is 6.07 Å². The maximum atomic E-state index is 12.6. The van der Waals surface area contributed by atoms with Crippen LogP contribution in [-0.2, 0) is 19.1 Å². The fourth-order valence-electron chi connectivity index (χ4n) is 3.37. The van der Waals surface area contributed by atoms with Crippen molar-refractivity contribution in [1.82, 2.24) is 0 Å². The van der Waals surface area contributed by atoms with Crippen LogP contribution in [0, 0.1) is 11.3 Å². The lowest BCUT2D eigenvalue weighted by atomic mass is 9.83. The molecule has 1 aliphatic heterocycles. The minimum atomic E-state index is -0.762. The maximum Gasteiger partial charge on any atom is 0.338 e. The van der Waals surface area contributed by atoms with Gasteiger partial charge in [-0.2, -0.15) is 5.26 Å². The van der Waals surface area contributed by atoms with Crippen molar-refractivity contribution in [3.05, 3.63) is 80.9 Å². The van der Waals surface area contributed by atoms with Gasteiger partial charge in [-0.25, -0.2) is 4.79 Å². The van der Waals surface area contributed by atoms with Crippen molar-refractivity contribution in [3.8, 4) is 11.8 Å². The Morgan fingerprint density at radius 3 is 2.53 bits per heavy atom. The number of anilines is 1. The number of carbonyl (C=O) groups excluding carboxylic acids is 2. The van der Waals surface area contributed by atoms with Crippen LogP contribution in [0.25, 0.3) is 0 Å².